The molecule has 0 saturated carbocycles. The third-order valence-electron chi connectivity index (χ3n) is 5.57. The molecule has 0 saturated heterocycles. The lowest BCUT2D eigenvalue weighted by atomic mass is 10.0. The van der Waals surface area contributed by atoms with Gasteiger partial charge in [0.05, 0.1) is 26.4 Å². The number of carbonyl (C=O) groups is 3. The van der Waals surface area contributed by atoms with E-state index < -0.39 is 53.9 Å². The third-order valence-corrected chi connectivity index (χ3v) is 5.57. The van der Waals surface area contributed by atoms with E-state index in [2.05, 4.69) is 14.2 Å². The first-order valence-electron chi connectivity index (χ1n) is 12.7. The number of ether oxygens (including phenoxy) is 4. The molecule has 0 amide bonds. The molecule has 15 heteroatoms. The van der Waals surface area contributed by atoms with Gasteiger partial charge in [-0.05, 0) is 37.1 Å². The van der Waals surface area contributed by atoms with E-state index in [4.69, 9.17) is 9.84 Å². The summed E-state index contributed by atoms with van der Waals surface area (Å²) < 4.78 is 89.3. The van der Waals surface area contributed by atoms with E-state index in [1.54, 1.807) is 0 Å². The molecule has 1 aliphatic rings. The van der Waals surface area contributed by atoms with E-state index >= 15 is 0 Å². The summed E-state index contributed by atoms with van der Waals surface area (Å²) in [6.45, 7) is 0.270. The maximum Gasteiger partial charge on any atom is 0.573 e. The smallest absolute Gasteiger partial charge is 0.504 e. The fraction of sp³-hybridized carbons (Fsp3) is 0.519. The van der Waals surface area contributed by atoms with Crippen LogP contribution in [0.1, 0.15) is 68.1 Å². The maximum absolute atomic E-state index is 12.0. The van der Waals surface area contributed by atoms with E-state index in [1.807, 2.05) is 0 Å². The van der Waals surface area contributed by atoms with Crippen molar-refractivity contribution in [3.05, 3.63) is 46.9 Å². The molecule has 1 aromatic rings. The highest BCUT2D eigenvalue weighted by molar-refractivity contribution is 6.04. The maximum atomic E-state index is 12.0. The Kier molecular flexibility index (Phi) is 14.7. The molecule has 0 heterocycles. The van der Waals surface area contributed by atoms with Crippen LogP contribution in [-0.4, -0.2) is 61.3 Å². The number of phenolic OH excluding ortho intramolecular Hbond substituents is 1. The molecule has 236 valence electrons. The average molecular weight is 615 g/mol. The van der Waals surface area contributed by atoms with Gasteiger partial charge in [0.1, 0.15) is 0 Å². The van der Waals surface area contributed by atoms with Crippen molar-refractivity contribution in [3.63, 3.8) is 0 Å². The van der Waals surface area contributed by atoms with Crippen molar-refractivity contribution in [1.29, 1.82) is 0 Å². The standard InChI is InChI=1S/C18H25F3O5.C9H7F3O4/c1-25-17(24)13-11-14(22)16(23)15(12-13)26-10-8-6-4-2-3-5-7-9-18(19,20)21;1-15-8(14)5-2-3-6(13)7(4-5)16-9(10,11)12/h12,23H,2-11H2,1H3;2-4,13H,1H3. The topological polar surface area (TPSA) is 129 Å². The SMILES string of the molecule is COC(=O)C1=CC(OCCCCCCCCCC(F)(F)F)=C(O)C(=O)C1.COC(=O)c1ccc(O)c(OC(F)(F)F)c1. The molecule has 0 spiro atoms. The molecular weight excluding hydrogens is 582 g/mol. The number of aliphatic hydroxyl groups excluding tert-OH is 1. The van der Waals surface area contributed by atoms with Crippen LogP contribution in [0.25, 0.3) is 0 Å². The summed E-state index contributed by atoms with van der Waals surface area (Å²) >= 11 is 0. The van der Waals surface area contributed by atoms with Gasteiger partial charge in [0, 0.05) is 18.4 Å². The van der Waals surface area contributed by atoms with Gasteiger partial charge in [-0.3, -0.25) is 4.79 Å². The predicted molar refractivity (Wildman–Crippen MR) is 134 cm³/mol. The van der Waals surface area contributed by atoms with Crippen LogP contribution in [0.4, 0.5) is 26.3 Å². The van der Waals surface area contributed by atoms with Gasteiger partial charge < -0.3 is 29.2 Å². The lowest BCUT2D eigenvalue weighted by Gasteiger charge is -2.15. The molecule has 0 fully saturated rings. The normalized spacial score (nSPS) is 13.5. The first-order chi connectivity index (χ1) is 19.6. The Balaban J connectivity index is 0.000000470. The average Bonchev–Trinajstić information content (AvgIpc) is 2.91. The molecule has 0 unspecified atom stereocenters. The lowest BCUT2D eigenvalue weighted by molar-refractivity contribution is -0.275. The Labute approximate surface area is 237 Å². The summed E-state index contributed by atoms with van der Waals surface area (Å²) in [6.07, 6.45) is -3.90. The van der Waals surface area contributed by atoms with E-state index in [1.165, 1.54) is 13.2 Å². The Bertz CT molecular complexity index is 1120. The monoisotopic (exact) mass is 614 g/mol. The fourth-order valence-electron chi connectivity index (χ4n) is 3.50. The van der Waals surface area contributed by atoms with Crippen LogP contribution in [0.3, 0.4) is 0 Å². The van der Waals surface area contributed by atoms with Gasteiger partial charge in [-0.15, -0.1) is 13.2 Å². The Hall–Kier alpha value is -3.91. The number of Topliss-reactive ketones (excluding diaryl/α,β-unsaturated/α-hetero) is 1. The zero-order valence-electron chi connectivity index (χ0n) is 22.9. The highest BCUT2D eigenvalue weighted by atomic mass is 19.4. The third kappa shape index (κ3) is 14.1. The highest BCUT2D eigenvalue weighted by Gasteiger charge is 2.32. The second-order valence-electron chi connectivity index (χ2n) is 8.88. The number of carbonyl (C=O) groups excluding carboxylic acids is 3. The number of esters is 2. The molecule has 0 radical (unpaired) electrons. The van der Waals surface area contributed by atoms with Crippen LogP contribution in [0.2, 0.25) is 0 Å². The second kappa shape index (κ2) is 17.1. The summed E-state index contributed by atoms with van der Waals surface area (Å²) in [7, 11) is 2.29. The molecule has 9 nitrogen and oxygen atoms in total. The van der Waals surface area contributed by atoms with Crippen LogP contribution < -0.4 is 4.74 Å². The number of aliphatic hydroxyl groups is 1. The fourth-order valence-corrected chi connectivity index (χ4v) is 3.50. The molecule has 42 heavy (non-hydrogen) atoms. The molecular formula is C27H32F6O9. The van der Waals surface area contributed by atoms with Crippen LogP contribution in [0, 0.1) is 0 Å². The van der Waals surface area contributed by atoms with E-state index in [0.717, 1.165) is 51.0 Å². The van der Waals surface area contributed by atoms with Gasteiger partial charge in [-0.1, -0.05) is 32.1 Å². The molecule has 0 aromatic heterocycles. The summed E-state index contributed by atoms with van der Waals surface area (Å²) in [5, 5.41) is 18.8. The van der Waals surface area contributed by atoms with Crippen molar-refractivity contribution in [1.82, 2.24) is 0 Å². The Morgan fingerprint density at radius 2 is 1.43 bits per heavy atom. The zero-order chi connectivity index (χ0) is 31.9. The summed E-state index contributed by atoms with van der Waals surface area (Å²) in [5.74, 6) is -4.16. The van der Waals surface area contributed by atoms with Crippen molar-refractivity contribution in [2.45, 2.75) is 70.3 Å². The van der Waals surface area contributed by atoms with Gasteiger partial charge >= 0.3 is 24.5 Å². The summed E-state index contributed by atoms with van der Waals surface area (Å²) in [6, 6.07) is 2.77. The number of halogens is 6. The summed E-state index contributed by atoms with van der Waals surface area (Å²) in [4.78, 5) is 34.1. The van der Waals surface area contributed by atoms with Crippen molar-refractivity contribution in [2.75, 3.05) is 20.8 Å². The van der Waals surface area contributed by atoms with E-state index in [9.17, 15) is 45.8 Å². The van der Waals surface area contributed by atoms with Crippen molar-refractivity contribution < 1.29 is 69.9 Å². The molecule has 2 rings (SSSR count). The number of aromatic hydroxyl groups is 1. The molecule has 1 aromatic carbocycles. The number of unbranched alkanes of at least 4 members (excludes halogenated alkanes) is 6. The number of allylic oxidation sites excluding steroid dienone is 2. The lowest BCUT2D eigenvalue weighted by Crippen LogP contribution is -2.18. The minimum absolute atomic E-state index is 0.0335. The minimum Gasteiger partial charge on any atom is -0.504 e. The number of ketones is 1. The van der Waals surface area contributed by atoms with Gasteiger partial charge in [-0.25, -0.2) is 9.59 Å². The molecule has 2 N–H and O–H groups in total. The zero-order valence-corrected chi connectivity index (χ0v) is 22.9. The first kappa shape index (κ1) is 36.1. The van der Waals surface area contributed by atoms with Crippen LogP contribution >= 0.6 is 0 Å². The quantitative estimate of drug-likeness (QED) is 0.143. The van der Waals surface area contributed by atoms with Gasteiger partial charge in [0.15, 0.2) is 17.3 Å². The van der Waals surface area contributed by atoms with Crippen LogP contribution in [0.15, 0.2) is 41.4 Å². The van der Waals surface area contributed by atoms with Crippen molar-refractivity contribution >= 4 is 17.7 Å². The Morgan fingerprint density at radius 1 is 0.857 bits per heavy atom. The molecule has 0 bridgehead atoms. The van der Waals surface area contributed by atoms with Crippen molar-refractivity contribution in [3.8, 4) is 11.5 Å². The van der Waals surface area contributed by atoms with Crippen LogP contribution in [-0.2, 0) is 23.8 Å². The van der Waals surface area contributed by atoms with Crippen molar-refractivity contribution in [2.24, 2.45) is 0 Å². The second-order valence-corrected chi connectivity index (χ2v) is 8.88. The molecule has 0 atom stereocenters. The van der Waals surface area contributed by atoms with E-state index in [0.29, 0.717) is 12.8 Å². The summed E-state index contributed by atoms with van der Waals surface area (Å²) in [5.41, 5.74) is -0.0243. The van der Waals surface area contributed by atoms with E-state index in [-0.39, 0.29) is 36.3 Å². The number of alkyl halides is 6. The molecule has 1 aliphatic carbocycles. The minimum atomic E-state index is -4.94. The number of hydrogen-bond donors (Lipinski definition) is 2. The van der Waals surface area contributed by atoms with Gasteiger partial charge in [0.2, 0.25) is 11.5 Å². The number of methoxy groups -OCH3 is 2. The predicted octanol–water partition coefficient (Wildman–Crippen LogP) is 6.61. The number of benzene rings is 1. The number of rotatable bonds is 13. The number of hydrogen-bond acceptors (Lipinski definition) is 9. The van der Waals surface area contributed by atoms with Gasteiger partial charge in [-0.2, -0.15) is 13.2 Å². The number of phenols is 1. The Morgan fingerprint density at radius 3 is 1.98 bits per heavy atom. The highest BCUT2D eigenvalue weighted by Crippen LogP contribution is 2.32. The van der Waals surface area contributed by atoms with Crippen LogP contribution in [0.5, 0.6) is 11.5 Å². The first-order valence-corrected chi connectivity index (χ1v) is 12.7. The van der Waals surface area contributed by atoms with Gasteiger partial charge in [0.25, 0.3) is 0 Å². The largest absolute Gasteiger partial charge is 0.573 e. The molecule has 0 aliphatic heterocycles.